The van der Waals surface area contributed by atoms with Gasteiger partial charge in [-0.05, 0) is 49.4 Å². The Morgan fingerprint density at radius 3 is 2.46 bits per heavy atom. The standard InChI is InChI=1S/C26H24N6O3/c1-18-21(16-27-32(18)20-5-3-2-4-6-20)26(33)31-13-11-30(12-14-31)25-10-8-22(28-29-25)19-7-9-23-24(15-19)35-17-34-23/h2-10,15-16H,11-14,17H2,1H3. The Morgan fingerprint density at radius 1 is 0.886 bits per heavy atom. The number of anilines is 1. The van der Waals surface area contributed by atoms with Crippen molar-refractivity contribution >= 4 is 11.7 Å². The number of fused-ring (bicyclic) bond motifs is 1. The first-order valence-corrected chi connectivity index (χ1v) is 11.6. The van der Waals surface area contributed by atoms with E-state index in [0.717, 1.165) is 40.0 Å². The molecular weight excluding hydrogens is 444 g/mol. The minimum absolute atomic E-state index is 0.00794. The maximum atomic E-state index is 13.2. The van der Waals surface area contributed by atoms with Crippen LogP contribution in [-0.2, 0) is 0 Å². The lowest BCUT2D eigenvalue weighted by Gasteiger charge is -2.35. The maximum Gasteiger partial charge on any atom is 0.257 e. The number of hydrogen-bond acceptors (Lipinski definition) is 7. The van der Waals surface area contributed by atoms with Crippen LogP contribution in [0.15, 0.2) is 66.9 Å². The average molecular weight is 469 g/mol. The minimum atomic E-state index is 0.00794. The summed E-state index contributed by atoms with van der Waals surface area (Å²) in [5.41, 5.74) is 4.11. The van der Waals surface area contributed by atoms with Gasteiger partial charge in [-0.3, -0.25) is 4.79 Å². The van der Waals surface area contributed by atoms with E-state index >= 15 is 0 Å². The van der Waals surface area contributed by atoms with Crippen LogP contribution in [0.2, 0.25) is 0 Å². The lowest BCUT2D eigenvalue weighted by Crippen LogP contribution is -2.49. The van der Waals surface area contributed by atoms with Crippen molar-refractivity contribution in [1.29, 1.82) is 0 Å². The predicted molar refractivity (Wildman–Crippen MR) is 130 cm³/mol. The van der Waals surface area contributed by atoms with E-state index < -0.39 is 0 Å². The number of piperazine rings is 1. The highest BCUT2D eigenvalue weighted by Gasteiger charge is 2.26. The van der Waals surface area contributed by atoms with Crippen LogP contribution in [0.5, 0.6) is 11.5 Å². The van der Waals surface area contributed by atoms with Gasteiger partial charge in [-0.15, -0.1) is 10.2 Å². The Hall–Kier alpha value is -4.40. The van der Waals surface area contributed by atoms with Crippen LogP contribution in [0.4, 0.5) is 5.82 Å². The number of carbonyl (C=O) groups excluding carboxylic acids is 1. The van der Waals surface area contributed by atoms with Gasteiger partial charge in [-0.25, -0.2) is 4.68 Å². The van der Waals surface area contributed by atoms with Crippen molar-refractivity contribution in [3.8, 4) is 28.4 Å². The Labute approximate surface area is 202 Å². The fourth-order valence-electron chi connectivity index (χ4n) is 4.46. The van der Waals surface area contributed by atoms with E-state index in [-0.39, 0.29) is 12.7 Å². The number of rotatable bonds is 4. The van der Waals surface area contributed by atoms with Crippen molar-refractivity contribution in [1.82, 2.24) is 24.9 Å². The van der Waals surface area contributed by atoms with Crippen LogP contribution in [0, 0.1) is 6.92 Å². The van der Waals surface area contributed by atoms with Gasteiger partial charge in [0.2, 0.25) is 6.79 Å². The van der Waals surface area contributed by atoms with E-state index in [4.69, 9.17) is 9.47 Å². The van der Waals surface area contributed by atoms with Crippen LogP contribution >= 0.6 is 0 Å². The van der Waals surface area contributed by atoms with Gasteiger partial charge in [0.1, 0.15) is 0 Å². The smallest absolute Gasteiger partial charge is 0.257 e. The van der Waals surface area contributed by atoms with E-state index in [1.807, 2.05) is 72.5 Å². The summed E-state index contributed by atoms with van der Waals surface area (Å²) in [6.45, 7) is 4.78. The molecule has 9 heteroatoms. The summed E-state index contributed by atoms with van der Waals surface area (Å²) in [5.74, 6) is 2.27. The average Bonchev–Trinajstić information content (AvgIpc) is 3.55. The number of hydrogen-bond donors (Lipinski definition) is 0. The minimum Gasteiger partial charge on any atom is -0.454 e. The highest BCUT2D eigenvalue weighted by Crippen LogP contribution is 2.35. The molecule has 0 atom stereocenters. The first-order chi connectivity index (χ1) is 17.2. The molecule has 0 saturated carbocycles. The lowest BCUT2D eigenvalue weighted by molar-refractivity contribution is 0.0745. The second-order valence-electron chi connectivity index (χ2n) is 8.52. The van der Waals surface area contributed by atoms with Crippen molar-refractivity contribution < 1.29 is 14.3 Å². The van der Waals surface area contributed by atoms with Gasteiger partial charge < -0.3 is 19.3 Å². The molecule has 0 bridgehead atoms. The van der Waals surface area contributed by atoms with Gasteiger partial charge >= 0.3 is 0 Å². The summed E-state index contributed by atoms with van der Waals surface area (Å²) in [5, 5.41) is 13.3. The Bertz CT molecular complexity index is 1360. The molecular formula is C26H24N6O3. The number of benzene rings is 2. The molecule has 1 amide bonds. The molecule has 0 N–H and O–H groups in total. The molecule has 2 aliphatic heterocycles. The maximum absolute atomic E-state index is 13.2. The zero-order valence-corrected chi connectivity index (χ0v) is 19.3. The zero-order valence-electron chi connectivity index (χ0n) is 19.3. The molecule has 35 heavy (non-hydrogen) atoms. The normalized spacial score (nSPS) is 14.9. The van der Waals surface area contributed by atoms with E-state index in [1.165, 1.54) is 0 Å². The van der Waals surface area contributed by atoms with Gasteiger partial charge in [0, 0.05) is 31.7 Å². The fourth-order valence-corrected chi connectivity index (χ4v) is 4.46. The summed E-state index contributed by atoms with van der Waals surface area (Å²) in [4.78, 5) is 17.2. The third-order valence-electron chi connectivity index (χ3n) is 6.45. The molecule has 2 aromatic heterocycles. The molecule has 6 rings (SSSR count). The molecule has 4 aromatic rings. The molecule has 4 heterocycles. The second-order valence-corrected chi connectivity index (χ2v) is 8.52. The molecule has 0 radical (unpaired) electrons. The monoisotopic (exact) mass is 468 g/mol. The Kier molecular flexibility index (Phi) is 5.29. The molecule has 1 saturated heterocycles. The topological polar surface area (TPSA) is 85.6 Å². The number of amides is 1. The Balaban J connectivity index is 1.11. The third-order valence-corrected chi connectivity index (χ3v) is 6.45. The van der Waals surface area contributed by atoms with Crippen molar-refractivity contribution in [3.63, 3.8) is 0 Å². The van der Waals surface area contributed by atoms with Crippen molar-refractivity contribution in [3.05, 3.63) is 78.1 Å². The number of aromatic nitrogens is 4. The van der Waals surface area contributed by atoms with Crippen molar-refractivity contribution in [2.45, 2.75) is 6.92 Å². The SMILES string of the molecule is Cc1c(C(=O)N2CCN(c3ccc(-c4ccc5c(c4)OCO5)nn3)CC2)cnn1-c1ccccc1. The number of ether oxygens (including phenoxy) is 2. The van der Waals surface area contributed by atoms with E-state index in [1.54, 1.807) is 10.9 Å². The quantitative estimate of drug-likeness (QED) is 0.454. The van der Waals surface area contributed by atoms with Crippen molar-refractivity contribution in [2.75, 3.05) is 37.9 Å². The summed E-state index contributed by atoms with van der Waals surface area (Å²) in [6, 6.07) is 19.5. The van der Waals surface area contributed by atoms with Gasteiger partial charge in [-0.1, -0.05) is 18.2 Å². The summed E-state index contributed by atoms with van der Waals surface area (Å²) in [6.07, 6.45) is 1.66. The van der Waals surface area contributed by atoms with E-state index in [9.17, 15) is 4.79 Å². The van der Waals surface area contributed by atoms with Gasteiger partial charge in [0.05, 0.1) is 28.8 Å². The van der Waals surface area contributed by atoms with Crippen LogP contribution in [-0.4, -0.2) is 63.8 Å². The van der Waals surface area contributed by atoms with Gasteiger partial charge in [0.15, 0.2) is 17.3 Å². The van der Waals surface area contributed by atoms with Gasteiger partial charge in [0.25, 0.3) is 5.91 Å². The van der Waals surface area contributed by atoms with Crippen LogP contribution in [0.3, 0.4) is 0 Å². The number of carbonyl (C=O) groups is 1. The molecule has 0 unspecified atom stereocenters. The summed E-state index contributed by atoms with van der Waals surface area (Å²) < 4.78 is 12.6. The zero-order chi connectivity index (χ0) is 23.8. The highest BCUT2D eigenvalue weighted by molar-refractivity contribution is 5.95. The van der Waals surface area contributed by atoms with Crippen LogP contribution in [0.1, 0.15) is 16.1 Å². The first-order valence-electron chi connectivity index (χ1n) is 11.6. The van der Waals surface area contributed by atoms with Gasteiger partial charge in [-0.2, -0.15) is 5.10 Å². The van der Waals surface area contributed by atoms with E-state index in [2.05, 4.69) is 20.2 Å². The van der Waals surface area contributed by atoms with Crippen LogP contribution in [0.25, 0.3) is 16.9 Å². The lowest BCUT2D eigenvalue weighted by atomic mass is 10.1. The van der Waals surface area contributed by atoms with Crippen molar-refractivity contribution in [2.24, 2.45) is 0 Å². The summed E-state index contributed by atoms with van der Waals surface area (Å²) >= 11 is 0. The third kappa shape index (κ3) is 3.95. The summed E-state index contributed by atoms with van der Waals surface area (Å²) in [7, 11) is 0. The molecule has 176 valence electrons. The molecule has 2 aliphatic rings. The number of nitrogens with zero attached hydrogens (tertiary/aromatic N) is 6. The first kappa shape index (κ1) is 21.2. The van der Waals surface area contributed by atoms with Crippen LogP contribution < -0.4 is 14.4 Å². The highest BCUT2D eigenvalue weighted by atomic mass is 16.7. The predicted octanol–water partition coefficient (Wildman–Crippen LogP) is 3.33. The largest absolute Gasteiger partial charge is 0.454 e. The second kappa shape index (κ2) is 8.75. The molecule has 1 fully saturated rings. The molecule has 2 aromatic carbocycles. The number of para-hydroxylation sites is 1. The molecule has 0 spiro atoms. The van der Waals surface area contributed by atoms with E-state index in [0.29, 0.717) is 31.7 Å². The molecule has 9 nitrogen and oxygen atoms in total. The molecule has 0 aliphatic carbocycles. The Morgan fingerprint density at radius 2 is 1.69 bits per heavy atom. The fraction of sp³-hybridized carbons (Fsp3) is 0.231.